The van der Waals surface area contributed by atoms with Gasteiger partial charge in [0.15, 0.2) is 0 Å². The molecule has 1 atom stereocenters. The summed E-state index contributed by atoms with van der Waals surface area (Å²) >= 11 is 9.62. The van der Waals surface area contributed by atoms with E-state index in [-0.39, 0.29) is 5.54 Å². The summed E-state index contributed by atoms with van der Waals surface area (Å²) in [5.74, 6) is 0.851. The van der Waals surface area contributed by atoms with Crippen LogP contribution in [0, 0.1) is 5.92 Å². The highest BCUT2D eigenvalue weighted by molar-refractivity contribution is 9.10. The molecule has 2 fully saturated rings. The van der Waals surface area contributed by atoms with Crippen molar-refractivity contribution in [3.63, 3.8) is 0 Å². The number of nitrogens with one attached hydrogen (secondary N) is 1. The summed E-state index contributed by atoms with van der Waals surface area (Å²) in [4.78, 5) is 2.50. The lowest BCUT2D eigenvalue weighted by atomic mass is 9.95. The average molecular weight is 344 g/mol. The first-order valence-electron chi connectivity index (χ1n) is 7.03. The van der Waals surface area contributed by atoms with Gasteiger partial charge in [0, 0.05) is 28.8 Å². The molecule has 0 spiro atoms. The minimum absolute atomic E-state index is 0.266. The van der Waals surface area contributed by atoms with Crippen LogP contribution in [0.1, 0.15) is 26.2 Å². The van der Waals surface area contributed by atoms with Crippen LogP contribution in [0.15, 0.2) is 22.7 Å². The number of hydrogen-bond acceptors (Lipinski definition) is 2. The van der Waals surface area contributed by atoms with Crippen molar-refractivity contribution in [2.75, 3.05) is 24.5 Å². The van der Waals surface area contributed by atoms with E-state index in [4.69, 9.17) is 11.6 Å². The SMILES string of the molecule is CC1(C2CC2)CN(c2ccc(Cl)c(Br)c2)CCCN1. The smallest absolute Gasteiger partial charge is 0.0549 e. The number of anilines is 1. The van der Waals surface area contributed by atoms with Gasteiger partial charge >= 0.3 is 0 Å². The van der Waals surface area contributed by atoms with Crippen molar-refractivity contribution in [1.82, 2.24) is 5.32 Å². The van der Waals surface area contributed by atoms with E-state index in [1.54, 1.807) is 0 Å². The Hall–Kier alpha value is -0.250. The van der Waals surface area contributed by atoms with Gasteiger partial charge in [-0.2, -0.15) is 0 Å². The lowest BCUT2D eigenvalue weighted by Gasteiger charge is -2.35. The molecule has 1 aliphatic heterocycles. The van der Waals surface area contributed by atoms with E-state index >= 15 is 0 Å². The molecule has 1 aliphatic carbocycles. The zero-order valence-corrected chi connectivity index (χ0v) is 13.6. The van der Waals surface area contributed by atoms with Gasteiger partial charge in [0.25, 0.3) is 0 Å². The van der Waals surface area contributed by atoms with Crippen LogP contribution < -0.4 is 10.2 Å². The highest BCUT2D eigenvalue weighted by Gasteiger charge is 2.43. The summed E-state index contributed by atoms with van der Waals surface area (Å²) in [6.07, 6.45) is 3.95. The molecule has 19 heavy (non-hydrogen) atoms. The van der Waals surface area contributed by atoms with Gasteiger partial charge in [0.1, 0.15) is 0 Å². The number of rotatable bonds is 2. The van der Waals surface area contributed by atoms with Crippen LogP contribution in [-0.2, 0) is 0 Å². The van der Waals surface area contributed by atoms with Crippen LogP contribution in [-0.4, -0.2) is 25.2 Å². The van der Waals surface area contributed by atoms with Crippen LogP contribution in [0.3, 0.4) is 0 Å². The second-order valence-corrected chi connectivity index (χ2v) is 7.25. The lowest BCUT2D eigenvalue weighted by molar-refractivity contribution is 0.331. The van der Waals surface area contributed by atoms with Gasteiger partial charge < -0.3 is 10.2 Å². The highest BCUT2D eigenvalue weighted by Crippen LogP contribution is 2.41. The Morgan fingerprint density at radius 2 is 2.21 bits per heavy atom. The Morgan fingerprint density at radius 1 is 1.42 bits per heavy atom. The molecule has 1 saturated heterocycles. The molecule has 2 aliphatic rings. The van der Waals surface area contributed by atoms with Crippen LogP contribution in [0.5, 0.6) is 0 Å². The molecule has 4 heteroatoms. The Labute approximate surface area is 128 Å². The molecule has 0 radical (unpaired) electrons. The van der Waals surface area contributed by atoms with Crippen molar-refractivity contribution >= 4 is 33.2 Å². The maximum atomic E-state index is 6.09. The van der Waals surface area contributed by atoms with Gasteiger partial charge in [-0.15, -0.1) is 0 Å². The Kier molecular flexibility index (Phi) is 3.80. The lowest BCUT2D eigenvalue weighted by Crippen LogP contribution is -2.51. The van der Waals surface area contributed by atoms with Crippen LogP contribution in [0.2, 0.25) is 5.02 Å². The third-order valence-electron chi connectivity index (χ3n) is 4.40. The first-order chi connectivity index (χ1) is 9.08. The van der Waals surface area contributed by atoms with Crippen molar-refractivity contribution in [3.05, 3.63) is 27.7 Å². The first kappa shape index (κ1) is 13.7. The van der Waals surface area contributed by atoms with Gasteiger partial charge in [-0.05, 0) is 72.8 Å². The first-order valence-corrected chi connectivity index (χ1v) is 8.21. The summed E-state index contributed by atoms with van der Waals surface area (Å²) in [7, 11) is 0. The fraction of sp³-hybridized carbons (Fsp3) is 0.600. The van der Waals surface area contributed by atoms with Crippen molar-refractivity contribution in [1.29, 1.82) is 0 Å². The van der Waals surface area contributed by atoms with E-state index in [0.717, 1.165) is 35.0 Å². The minimum Gasteiger partial charge on any atom is -0.370 e. The number of halogens is 2. The predicted molar refractivity (Wildman–Crippen MR) is 85.1 cm³/mol. The van der Waals surface area contributed by atoms with Gasteiger partial charge in [-0.25, -0.2) is 0 Å². The van der Waals surface area contributed by atoms with E-state index in [1.807, 2.05) is 6.07 Å². The summed E-state index contributed by atoms with van der Waals surface area (Å²) < 4.78 is 0.983. The standard InChI is InChI=1S/C15H20BrClN2/c1-15(11-3-4-11)10-19(8-2-7-18-15)12-5-6-14(17)13(16)9-12/h5-6,9,11,18H,2-4,7-8,10H2,1H3. The molecular formula is C15H20BrClN2. The summed E-state index contributed by atoms with van der Waals surface area (Å²) in [6, 6.07) is 6.25. The molecule has 1 aromatic carbocycles. The molecular weight excluding hydrogens is 324 g/mol. The van der Waals surface area contributed by atoms with Crippen molar-refractivity contribution in [3.8, 4) is 0 Å². The van der Waals surface area contributed by atoms with Crippen molar-refractivity contribution < 1.29 is 0 Å². The fourth-order valence-electron chi connectivity index (χ4n) is 3.07. The summed E-state index contributed by atoms with van der Waals surface area (Å²) in [5.41, 5.74) is 1.54. The molecule has 0 aromatic heterocycles. The van der Waals surface area contributed by atoms with Crippen molar-refractivity contribution in [2.45, 2.75) is 31.7 Å². The van der Waals surface area contributed by atoms with Gasteiger partial charge in [-0.1, -0.05) is 11.6 Å². The average Bonchev–Trinajstić information content (AvgIpc) is 3.19. The van der Waals surface area contributed by atoms with E-state index in [2.05, 4.69) is 45.2 Å². The summed E-state index contributed by atoms with van der Waals surface area (Å²) in [5, 5.41) is 4.55. The van der Waals surface area contributed by atoms with Crippen molar-refractivity contribution in [2.24, 2.45) is 5.92 Å². The maximum Gasteiger partial charge on any atom is 0.0549 e. The molecule has 1 saturated carbocycles. The second-order valence-electron chi connectivity index (χ2n) is 5.99. The van der Waals surface area contributed by atoms with Crippen LogP contribution >= 0.6 is 27.5 Å². The molecule has 0 amide bonds. The van der Waals surface area contributed by atoms with Gasteiger partial charge in [0.2, 0.25) is 0 Å². The minimum atomic E-state index is 0.266. The van der Waals surface area contributed by atoms with Gasteiger partial charge in [-0.3, -0.25) is 0 Å². The predicted octanol–water partition coefficient (Wildman–Crippen LogP) is 4.07. The van der Waals surface area contributed by atoms with E-state index < -0.39 is 0 Å². The van der Waals surface area contributed by atoms with Crippen LogP contribution in [0.4, 0.5) is 5.69 Å². The highest BCUT2D eigenvalue weighted by atomic mass is 79.9. The molecule has 2 nitrogen and oxygen atoms in total. The molecule has 1 heterocycles. The Balaban J connectivity index is 1.83. The second kappa shape index (κ2) is 5.27. The largest absolute Gasteiger partial charge is 0.370 e. The number of hydrogen-bond donors (Lipinski definition) is 1. The maximum absolute atomic E-state index is 6.09. The molecule has 104 valence electrons. The van der Waals surface area contributed by atoms with E-state index in [1.165, 1.54) is 24.9 Å². The zero-order chi connectivity index (χ0) is 13.5. The number of benzene rings is 1. The van der Waals surface area contributed by atoms with Gasteiger partial charge in [0.05, 0.1) is 5.02 Å². The van der Waals surface area contributed by atoms with E-state index in [0.29, 0.717) is 0 Å². The third kappa shape index (κ3) is 2.93. The topological polar surface area (TPSA) is 15.3 Å². The van der Waals surface area contributed by atoms with E-state index in [9.17, 15) is 0 Å². The fourth-order valence-corrected chi connectivity index (χ4v) is 3.56. The number of nitrogens with zero attached hydrogens (tertiary/aromatic N) is 1. The third-order valence-corrected chi connectivity index (χ3v) is 5.61. The zero-order valence-electron chi connectivity index (χ0n) is 11.3. The molecule has 1 aromatic rings. The summed E-state index contributed by atoms with van der Waals surface area (Å²) in [6.45, 7) is 5.71. The normalized spacial score (nSPS) is 28.3. The molecule has 1 N–H and O–H groups in total. The quantitative estimate of drug-likeness (QED) is 0.871. The monoisotopic (exact) mass is 342 g/mol. The Morgan fingerprint density at radius 3 is 2.89 bits per heavy atom. The molecule has 0 bridgehead atoms. The molecule has 1 unspecified atom stereocenters. The molecule has 3 rings (SSSR count). The van der Waals surface area contributed by atoms with Crippen LogP contribution in [0.25, 0.3) is 0 Å². The Bertz CT molecular complexity index is 475.